The number of aryl methyl sites for hydroxylation is 1. The molecular weight excluding hydrogens is 232 g/mol. The summed E-state index contributed by atoms with van der Waals surface area (Å²) in [6, 6.07) is -0.365. The van der Waals surface area contributed by atoms with Gasteiger partial charge in [0.2, 0.25) is 11.8 Å². The first-order valence-electron chi connectivity index (χ1n) is 6.24. The number of carbonyl (C=O) groups excluding carboxylic acids is 2. The van der Waals surface area contributed by atoms with Crippen molar-refractivity contribution in [1.82, 2.24) is 20.0 Å². The van der Waals surface area contributed by atoms with E-state index in [1.807, 2.05) is 24.7 Å². The highest BCUT2D eigenvalue weighted by Gasteiger charge is 2.33. The molecule has 1 unspecified atom stereocenters. The monoisotopic (exact) mass is 250 g/mol. The second-order valence-corrected chi connectivity index (χ2v) is 4.37. The van der Waals surface area contributed by atoms with E-state index < -0.39 is 0 Å². The molecule has 2 amide bonds. The molecule has 1 atom stereocenters. The first-order chi connectivity index (χ1) is 8.65. The summed E-state index contributed by atoms with van der Waals surface area (Å²) in [7, 11) is 0. The van der Waals surface area contributed by atoms with E-state index in [9.17, 15) is 9.59 Å². The van der Waals surface area contributed by atoms with Crippen LogP contribution in [0.15, 0.2) is 12.4 Å². The number of amides is 2. The summed E-state index contributed by atoms with van der Waals surface area (Å²) in [5.41, 5.74) is 0.957. The molecule has 1 saturated heterocycles. The number of aromatic nitrogens is 2. The maximum absolute atomic E-state index is 11.9. The van der Waals surface area contributed by atoms with Crippen LogP contribution in [0.3, 0.4) is 0 Å². The highest BCUT2D eigenvalue weighted by molar-refractivity contribution is 5.94. The van der Waals surface area contributed by atoms with Crippen molar-refractivity contribution in [3.8, 4) is 0 Å². The van der Waals surface area contributed by atoms with Gasteiger partial charge in [-0.15, -0.1) is 0 Å². The third-order valence-corrected chi connectivity index (χ3v) is 3.16. The van der Waals surface area contributed by atoms with Gasteiger partial charge in [-0.25, -0.2) is 0 Å². The molecule has 98 valence electrons. The summed E-state index contributed by atoms with van der Waals surface area (Å²) in [4.78, 5) is 25.2. The Kier molecular flexibility index (Phi) is 3.64. The molecule has 1 N–H and O–H groups in total. The minimum absolute atomic E-state index is 0.0364. The van der Waals surface area contributed by atoms with Crippen LogP contribution in [-0.4, -0.2) is 39.1 Å². The molecule has 1 aromatic heterocycles. The van der Waals surface area contributed by atoms with Gasteiger partial charge in [0.25, 0.3) is 0 Å². The Balaban J connectivity index is 2.13. The predicted molar refractivity (Wildman–Crippen MR) is 65.5 cm³/mol. The fraction of sp³-hybridized carbons (Fsp3) is 0.583. The molecular formula is C12H18N4O2. The van der Waals surface area contributed by atoms with Crippen molar-refractivity contribution < 1.29 is 9.59 Å². The van der Waals surface area contributed by atoms with Gasteiger partial charge in [-0.05, 0) is 13.3 Å². The zero-order valence-electron chi connectivity index (χ0n) is 10.7. The Labute approximate surface area is 106 Å². The van der Waals surface area contributed by atoms with Crippen LogP contribution in [0.25, 0.3) is 0 Å². The summed E-state index contributed by atoms with van der Waals surface area (Å²) in [5, 5.41) is 6.79. The minimum Gasteiger partial charge on any atom is -0.345 e. The first kappa shape index (κ1) is 12.6. The lowest BCUT2D eigenvalue weighted by Gasteiger charge is -2.34. The maximum Gasteiger partial charge on any atom is 0.243 e. The van der Waals surface area contributed by atoms with Crippen molar-refractivity contribution in [1.29, 1.82) is 0 Å². The predicted octanol–water partition coefficient (Wildman–Crippen LogP) is 0.140. The Hall–Kier alpha value is -1.85. The second kappa shape index (κ2) is 5.20. The van der Waals surface area contributed by atoms with Gasteiger partial charge in [0.15, 0.2) is 0 Å². The summed E-state index contributed by atoms with van der Waals surface area (Å²) in [6.07, 6.45) is 4.28. The average molecular weight is 250 g/mol. The smallest absolute Gasteiger partial charge is 0.243 e. The van der Waals surface area contributed by atoms with Gasteiger partial charge in [0, 0.05) is 24.8 Å². The fourth-order valence-electron chi connectivity index (χ4n) is 2.16. The zero-order valence-corrected chi connectivity index (χ0v) is 10.7. The Morgan fingerprint density at radius 1 is 1.44 bits per heavy atom. The number of carbonyl (C=O) groups is 2. The van der Waals surface area contributed by atoms with E-state index in [0.717, 1.165) is 12.1 Å². The standard InChI is InChI=1S/C12H18N4O2/c1-3-10-12(18)13-6-11(17)16(10)8-9-5-14-15(4-2)7-9/h5,7,10H,3-4,6,8H2,1-2H3,(H,13,18). The zero-order chi connectivity index (χ0) is 13.1. The number of rotatable bonds is 4. The van der Waals surface area contributed by atoms with Gasteiger partial charge in [0.1, 0.15) is 6.04 Å². The van der Waals surface area contributed by atoms with Crippen molar-refractivity contribution in [2.24, 2.45) is 0 Å². The molecule has 0 bridgehead atoms. The largest absolute Gasteiger partial charge is 0.345 e. The van der Waals surface area contributed by atoms with E-state index in [4.69, 9.17) is 0 Å². The molecule has 2 heterocycles. The third kappa shape index (κ3) is 2.37. The Morgan fingerprint density at radius 3 is 2.83 bits per heavy atom. The molecule has 1 aliphatic heterocycles. The number of nitrogens with one attached hydrogen (secondary N) is 1. The van der Waals surface area contributed by atoms with Crippen LogP contribution < -0.4 is 5.32 Å². The lowest BCUT2D eigenvalue weighted by atomic mass is 10.1. The van der Waals surface area contributed by atoms with Crippen LogP contribution in [0.2, 0.25) is 0 Å². The molecule has 1 aromatic rings. The van der Waals surface area contributed by atoms with Gasteiger partial charge in [-0.3, -0.25) is 14.3 Å². The van der Waals surface area contributed by atoms with Crippen molar-refractivity contribution >= 4 is 11.8 Å². The Morgan fingerprint density at radius 2 is 2.22 bits per heavy atom. The summed E-state index contributed by atoms with van der Waals surface area (Å²) >= 11 is 0. The fourth-order valence-corrected chi connectivity index (χ4v) is 2.16. The van der Waals surface area contributed by atoms with Gasteiger partial charge >= 0.3 is 0 Å². The van der Waals surface area contributed by atoms with Crippen LogP contribution in [0.4, 0.5) is 0 Å². The normalized spacial score (nSPS) is 20.1. The van der Waals surface area contributed by atoms with Gasteiger partial charge in [0.05, 0.1) is 12.7 Å². The molecule has 6 heteroatoms. The van der Waals surface area contributed by atoms with E-state index >= 15 is 0 Å². The van der Waals surface area contributed by atoms with E-state index in [1.54, 1.807) is 11.1 Å². The van der Waals surface area contributed by atoms with Crippen LogP contribution in [-0.2, 0) is 22.7 Å². The lowest BCUT2D eigenvalue weighted by molar-refractivity contribution is -0.146. The number of hydrogen-bond donors (Lipinski definition) is 1. The minimum atomic E-state index is -0.365. The third-order valence-electron chi connectivity index (χ3n) is 3.16. The van der Waals surface area contributed by atoms with Crippen molar-refractivity contribution in [3.05, 3.63) is 18.0 Å². The van der Waals surface area contributed by atoms with E-state index in [0.29, 0.717) is 13.0 Å². The maximum atomic E-state index is 11.9. The van der Waals surface area contributed by atoms with Crippen LogP contribution in [0.1, 0.15) is 25.8 Å². The summed E-state index contributed by atoms with van der Waals surface area (Å²) in [5.74, 6) is -0.106. The molecule has 1 fully saturated rings. The van der Waals surface area contributed by atoms with Crippen LogP contribution >= 0.6 is 0 Å². The highest BCUT2D eigenvalue weighted by atomic mass is 16.2. The van der Waals surface area contributed by atoms with Gasteiger partial charge in [-0.1, -0.05) is 6.92 Å². The number of piperazine rings is 1. The van der Waals surface area contributed by atoms with E-state index in [2.05, 4.69) is 10.4 Å². The van der Waals surface area contributed by atoms with E-state index in [-0.39, 0.29) is 24.4 Å². The molecule has 18 heavy (non-hydrogen) atoms. The number of nitrogens with zero attached hydrogens (tertiary/aromatic N) is 3. The first-order valence-corrected chi connectivity index (χ1v) is 6.24. The summed E-state index contributed by atoms with van der Waals surface area (Å²) < 4.78 is 1.81. The van der Waals surface area contributed by atoms with Crippen molar-refractivity contribution in [2.75, 3.05) is 6.54 Å². The van der Waals surface area contributed by atoms with Crippen LogP contribution in [0.5, 0.6) is 0 Å². The molecule has 6 nitrogen and oxygen atoms in total. The van der Waals surface area contributed by atoms with Gasteiger partial charge < -0.3 is 10.2 Å². The molecule has 2 rings (SSSR count). The van der Waals surface area contributed by atoms with Crippen LogP contribution in [0, 0.1) is 0 Å². The molecule has 0 aliphatic carbocycles. The molecule has 0 radical (unpaired) electrons. The molecule has 1 aliphatic rings. The van der Waals surface area contributed by atoms with Crippen molar-refractivity contribution in [2.45, 2.75) is 39.4 Å². The van der Waals surface area contributed by atoms with Gasteiger partial charge in [-0.2, -0.15) is 5.10 Å². The molecule has 0 saturated carbocycles. The number of hydrogen-bond acceptors (Lipinski definition) is 3. The second-order valence-electron chi connectivity index (χ2n) is 4.37. The topological polar surface area (TPSA) is 67.2 Å². The SMILES string of the molecule is CCC1C(=O)NCC(=O)N1Cc1cnn(CC)c1. The summed E-state index contributed by atoms with van der Waals surface area (Å²) in [6.45, 7) is 5.25. The lowest BCUT2D eigenvalue weighted by Crippen LogP contribution is -2.57. The van der Waals surface area contributed by atoms with Crippen molar-refractivity contribution in [3.63, 3.8) is 0 Å². The Bertz CT molecular complexity index is 455. The van der Waals surface area contributed by atoms with E-state index in [1.165, 1.54) is 0 Å². The highest BCUT2D eigenvalue weighted by Crippen LogP contribution is 2.14. The quantitative estimate of drug-likeness (QED) is 0.826. The molecule has 0 aromatic carbocycles. The molecule has 0 spiro atoms. The average Bonchev–Trinajstić information content (AvgIpc) is 2.82.